The maximum absolute atomic E-state index is 11.8. The number of hydrogen-bond acceptors (Lipinski definition) is 4. The highest BCUT2D eigenvalue weighted by Gasteiger charge is 2.15. The summed E-state index contributed by atoms with van der Waals surface area (Å²) in [5, 5.41) is 3.25. The molecule has 0 aliphatic rings. The van der Waals surface area contributed by atoms with Gasteiger partial charge in [-0.1, -0.05) is 48.0 Å². The van der Waals surface area contributed by atoms with Crippen LogP contribution in [-0.4, -0.2) is 20.2 Å². The van der Waals surface area contributed by atoms with Crippen molar-refractivity contribution >= 4 is 33.6 Å². The molecule has 2 rings (SSSR count). The van der Waals surface area contributed by atoms with Gasteiger partial charge in [0.1, 0.15) is 0 Å². The first kappa shape index (κ1) is 18.4. The van der Waals surface area contributed by atoms with Gasteiger partial charge in [-0.05, 0) is 30.7 Å². The Balaban J connectivity index is 1.88. The zero-order valence-corrected chi connectivity index (χ0v) is 14.2. The van der Waals surface area contributed by atoms with Crippen molar-refractivity contribution in [1.82, 2.24) is 10.3 Å². The molecule has 0 heterocycles. The van der Waals surface area contributed by atoms with E-state index in [0.717, 1.165) is 11.0 Å². The van der Waals surface area contributed by atoms with Crippen molar-refractivity contribution < 1.29 is 18.0 Å². The summed E-state index contributed by atoms with van der Waals surface area (Å²) in [5.74, 6) is -2.11. The summed E-state index contributed by atoms with van der Waals surface area (Å²) in [6.07, 6.45) is 1.36. The molecule has 25 heavy (non-hydrogen) atoms. The SMILES string of the molecule is Cc1ccc(NC(=O)C(=O)NNS(=O)(=O)/C=C/c2ccccc2)cc1. The Bertz CT molecular complexity index is 876. The van der Waals surface area contributed by atoms with Gasteiger partial charge in [0, 0.05) is 11.1 Å². The van der Waals surface area contributed by atoms with Crippen molar-refractivity contribution in [3.8, 4) is 0 Å². The molecule has 0 unspecified atom stereocenters. The van der Waals surface area contributed by atoms with Crippen molar-refractivity contribution in [3.05, 3.63) is 71.1 Å². The van der Waals surface area contributed by atoms with Crippen molar-refractivity contribution in [2.75, 3.05) is 5.32 Å². The lowest BCUT2D eigenvalue weighted by Crippen LogP contribution is -2.45. The fourth-order valence-electron chi connectivity index (χ4n) is 1.77. The molecule has 0 saturated carbocycles. The van der Waals surface area contributed by atoms with E-state index in [4.69, 9.17) is 0 Å². The molecule has 7 nitrogen and oxygen atoms in total. The monoisotopic (exact) mass is 359 g/mol. The first-order valence-corrected chi connectivity index (χ1v) is 8.83. The standard InChI is InChI=1S/C17H17N3O4S/c1-13-7-9-15(10-8-13)18-16(21)17(22)19-20-25(23,24)12-11-14-5-3-2-4-6-14/h2-12,20H,1H3,(H,18,21)(H,19,22)/b12-11+. The average Bonchev–Trinajstić information content (AvgIpc) is 2.61. The van der Waals surface area contributed by atoms with Gasteiger partial charge in [-0.3, -0.25) is 15.0 Å². The molecule has 0 saturated heterocycles. The van der Waals surface area contributed by atoms with E-state index in [-0.39, 0.29) is 0 Å². The maximum atomic E-state index is 11.8. The van der Waals surface area contributed by atoms with Crippen LogP contribution in [0.25, 0.3) is 6.08 Å². The fourth-order valence-corrected chi connectivity index (χ4v) is 2.40. The van der Waals surface area contributed by atoms with Gasteiger partial charge in [0.05, 0.1) is 0 Å². The van der Waals surface area contributed by atoms with Gasteiger partial charge in [0.2, 0.25) is 0 Å². The largest absolute Gasteiger partial charge is 0.324 e. The highest BCUT2D eigenvalue weighted by molar-refractivity contribution is 7.92. The summed E-state index contributed by atoms with van der Waals surface area (Å²) >= 11 is 0. The van der Waals surface area contributed by atoms with E-state index >= 15 is 0 Å². The lowest BCUT2D eigenvalue weighted by molar-refractivity contribution is -0.136. The van der Waals surface area contributed by atoms with Crippen LogP contribution in [0.3, 0.4) is 0 Å². The topological polar surface area (TPSA) is 104 Å². The third-order valence-electron chi connectivity index (χ3n) is 3.06. The first-order valence-electron chi connectivity index (χ1n) is 7.29. The van der Waals surface area contributed by atoms with E-state index in [9.17, 15) is 18.0 Å². The summed E-state index contributed by atoms with van der Waals surface area (Å²) in [6.45, 7) is 1.88. The van der Waals surface area contributed by atoms with Crippen molar-refractivity contribution in [1.29, 1.82) is 0 Å². The van der Waals surface area contributed by atoms with Gasteiger partial charge < -0.3 is 5.32 Å². The molecule has 3 N–H and O–H groups in total. The second kappa shape index (κ2) is 8.22. The number of benzene rings is 2. The molecule has 2 amide bonds. The van der Waals surface area contributed by atoms with Crippen molar-refractivity contribution in [2.24, 2.45) is 0 Å². The van der Waals surface area contributed by atoms with E-state index in [1.165, 1.54) is 6.08 Å². The molecule has 0 aliphatic heterocycles. The van der Waals surface area contributed by atoms with Crippen molar-refractivity contribution in [3.63, 3.8) is 0 Å². The van der Waals surface area contributed by atoms with Crippen LogP contribution in [0.5, 0.6) is 0 Å². The van der Waals surface area contributed by atoms with Gasteiger partial charge in [-0.2, -0.15) is 0 Å². The normalized spacial score (nSPS) is 11.2. The Morgan fingerprint density at radius 3 is 2.20 bits per heavy atom. The molecule has 0 bridgehead atoms. The summed E-state index contributed by atoms with van der Waals surface area (Å²) < 4.78 is 23.6. The van der Waals surface area contributed by atoms with Crippen LogP contribution in [0.4, 0.5) is 5.69 Å². The maximum Gasteiger partial charge on any atom is 0.324 e. The number of carbonyl (C=O) groups excluding carboxylic acids is 2. The predicted molar refractivity (Wildman–Crippen MR) is 95.5 cm³/mol. The highest BCUT2D eigenvalue weighted by atomic mass is 32.2. The minimum absolute atomic E-state index is 0.428. The molecule has 2 aromatic rings. The number of nitrogens with one attached hydrogen (secondary N) is 3. The first-order chi connectivity index (χ1) is 11.9. The number of anilines is 1. The van der Waals surface area contributed by atoms with Gasteiger partial charge in [0.15, 0.2) is 0 Å². The smallest absolute Gasteiger partial charge is 0.318 e. The number of carbonyl (C=O) groups is 2. The molecule has 0 radical (unpaired) electrons. The third-order valence-corrected chi connectivity index (χ3v) is 3.94. The molecule has 0 aliphatic carbocycles. The van der Waals surface area contributed by atoms with Crippen molar-refractivity contribution in [2.45, 2.75) is 6.92 Å². The number of aryl methyl sites for hydroxylation is 1. The molecule has 130 valence electrons. The molecular weight excluding hydrogens is 342 g/mol. The Morgan fingerprint density at radius 2 is 1.56 bits per heavy atom. The highest BCUT2D eigenvalue weighted by Crippen LogP contribution is 2.08. The number of sulfonamides is 1. The zero-order chi connectivity index (χ0) is 18.3. The average molecular weight is 359 g/mol. The Hall–Kier alpha value is -2.97. The third kappa shape index (κ3) is 6.21. The van der Waals surface area contributed by atoms with E-state index in [1.54, 1.807) is 54.6 Å². The van der Waals surface area contributed by atoms with E-state index < -0.39 is 21.8 Å². The Kier molecular flexibility index (Phi) is 6.04. The quantitative estimate of drug-likeness (QED) is 0.556. The van der Waals surface area contributed by atoms with E-state index in [0.29, 0.717) is 11.3 Å². The van der Waals surface area contributed by atoms with Crippen LogP contribution < -0.4 is 15.6 Å². The second-order valence-electron chi connectivity index (χ2n) is 5.13. The summed E-state index contributed by atoms with van der Waals surface area (Å²) in [6, 6.07) is 15.6. The van der Waals surface area contributed by atoms with Crippen LogP contribution in [0.1, 0.15) is 11.1 Å². The number of rotatable bonds is 5. The lowest BCUT2D eigenvalue weighted by atomic mass is 10.2. The molecule has 0 aromatic heterocycles. The zero-order valence-electron chi connectivity index (χ0n) is 13.4. The number of amides is 2. The van der Waals surface area contributed by atoms with Gasteiger partial charge in [-0.25, -0.2) is 8.42 Å². The summed E-state index contributed by atoms with van der Waals surface area (Å²) in [7, 11) is -3.93. The molecule has 2 aromatic carbocycles. The fraction of sp³-hybridized carbons (Fsp3) is 0.0588. The van der Waals surface area contributed by atoms with Gasteiger partial charge in [0.25, 0.3) is 10.0 Å². The number of hydrazine groups is 1. The summed E-state index contributed by atoms with van der Waals surface area (Å²) in [4.78, 5) is 25.2. The van der Waals surface area contributed by atoms with Crippen LogP contribution >= 0.6 is 0 Å². The van der Waals surface area contributed by atoms with Crippen LogP contribution in [0, 0.1) is 6.92 Å². The minimum Gasteiger partial charge on any atom is -0.318 e. The van der Waals surface area contributed by atoms with Crippen LogP contribution in [0.15, 0.2) is 60.0 Å². The van der Waals surface area contributed by atoms with E-state index in [2.05, 4.69) is 5.32 Å². The van der Waals surface area contributed by atoms with Gasteiger partial charge in [-0.15, -0.1) is 4.83 Å². The van der Waals surface area contributed by atoms with Crippen LogP contribution in [-0.2, 0) is 19.6 Å². The minimum atomic E-state index is -3.93. The predicted octanol–water partition coefficient (Wildman–Crippen LogP) is 1.56. The molecule has 0 atom stereocenters. The molecule has 0 fully saturated rings. The lowest BCUT2D eigenvalue weighted by Gasteiger charge is -2.07. The Morgan fingerprint density at radius 1 is 0.920 bits per heavy atom. The number of hydrogen-bond donors (Lipinski definition) is 3. The van der Waals surface area contributed by atoms with Gasteiger partial charge >= 0.3 is 11.8 Å². The molecule has 8 heteroatoms. The molecular formula is C17H17N3O4S. The van der Waals surface area contributed by atoms with E-state index in [1.807, 2.05) is 17.2 Å². The second-order valence-corrected chi connectivity index (χ2v) is 6.70. The Labute approximate surface area is 145 Å². The molecule has 0 spiro atoms. The summed E-state index contributed by atoms with van der Waals surface area (Å²) in [5.41, 5.74) is 3.96. The van der Waals surface area contributed by atoms with Crippen LogP contribution in [0.2, 0.25) is 0 Å².